The lowest BCUT2D eigenvalue weighted by Crippen LogP contribution is -2.44. The molecule has 0 aromatic carbocycles. The van der Waals surface area contributed by atoms with E-state index in [0.717, 1.165) is 18.4 Å². The summed E-state index contributed by atoms with van der Waals surface area (Å²) in [5.41, 5.74) is 6.49. The first-order chi connectivity index (χ1) is 8.22. The molecule has 1 aliphatic rings. The van der Waals surface area contributed by atoms with Gasteiger partial charge in [-0.05, 0) is 25.7 Å². The summed E-state index contributed by atoms with van der Waals surface area (Å²) in [4.78, 5) is 12.0. The zero-order valence-electron chi connectivity index (χ0n) is 10.1. The first-order valence-electron chi connectivity index (χ1n) is 6.14. The Balaban J connectivity index is 1.99. The molecule has 0 spiro atoms. The third kappa shape index (κ3) is 2.66. The molecule has 1 saturated carbocycles. The van der Waals surface area contributed by atoms with Crippen LogP contribution in [-0.2, 0) is 0 Å². The van der Waals surface area contributed by atoms with E-state index < -0.39 is 0 Å². The van der Waals surface area contributed by atoms with E-state index in [1.165, 1.54) is 12.8 Å². The zero-order valence-corrected chi connectivity index (χ0v) is 10.1. The number of hydrogen-bond donors (Lipinski definition) is 2. The van der Waals surface area contributed by atoms with Crippen molar-refractivity contribution in [2.75, 3.05) is 6.54 Å². The molecule has 1 aliphatic carbocycles. The van der Waals surface area contributed by atoms with Gasteiger partial charge in [-0.15, -0.1) is 0 Å². The van der Waals surface area contributed by atoms with Crippen molar-refractivity contribution in [2.45, 2.75) is 38.6 Å². The van der Waals surface area contributed by atoms with Crippen molar-refractivity contribution >= 4 is 5.91 Å². The molecule has 3 N–H and O–H groups in total. The average Bonchev–Trinajstić information content (AvgIpc) is 2.96. The first-order valence-corrected chi connectivity index (χ1v) is 6.14. The van der Waals surface area contributed by atoms with Crippen molar-refractivity contribution in [2.24, 2.45) is 11.7 Å². The summed E-state index contributed by atoms with van der Waals surface area (Å²) in [5, 5.41) is 6.56. The molecule has 5 nitrogen and oxygen atoms in total. The standard InChI is InChI=1S/C12H19N3O2/c1-8-7-14-17-11(8)12(16)15-10(6-13)9-4-2-3-5-9/h7,9-10H,2-6,13H2,1H3,(H,15,16). The fourth-order valence-electron chi connectivity index (χ4n) is 2.47. The Morgan fingerprint density at radius 2 is 2.35 bits per heavy atom. The Morgan fingerprint density at radius 1 is 1.65 bits per heavy atom. The largest absolute Gasteiger partial charge is 0.351 e. The topological polar surface area (TPSA) is 81.2 Å². The minimum Gasteiger partial charge on any atom is -0.351 e. The third-order valence-electron chi connectivity index (χ3n) is 3.49. The maximum atomic E-state index is 12.0. The van der Waals surface area contributed by atoms with Gasteiger partial charge in [0.2, 0.25) is 5.76 Å². The van der Waals surface area contributed by atoms with E-state index in [9.17, 15) is 4.79 Å². The van der Waals surface area contributed by atoms with Crippen LogP contribution in [0.2, 0.25) is 0 Å². The molecule has 5 heteroatoms. The molecule has 1 heterocycles. The van der Waals surface area contributed by atoms with Gasteiger partial charge in [0, 0.05) is 18.2 Å². The van der Waals surface area contributed by atoms with Gasteiger partial charge in [0.15, 0.2) is 0 Å². The highest BCUT2D eigenvalue weighted by Crippen LogP contribution is 2.27. The molecule has 1 aromatic heterocycles. The fraction of sp³-hybridized carbons (Fsp3) is 0.667. The van der Waals surface area contributed by atoms with Crippen LogP contribution in [0.25, 0.3) is 0 Å². The van der Waals surface area contributed by atoms with Gasteiger partial charge in [-0.25, -0.2) is 0 Å². The smallest absolute Gasteiger partial charge is 0.290 e. The summed E-state index contributed by atoms with van der Waals surface area (Å²) >= 11 is 0. The van der Waals surface area contributed by atoms with Gasteiger partial charge in [-0.1, -0.05) is 18.0 Å². The van der Waals surface area contributed by atoms with E-state index >= 15 is 0 Å². The highest BCUT2D eigenvalue weighted by atomic mass is 16.5. The molecule has 1 fully saturated rings. The second-order valence-electron chi connectivity index (χ2n) is 4.70. The zero-order chi connectivity index (χ0) is 12.3. The Morgan fingerprint density at radius 3 is 2.88 bits per heavy atom. The number of aryl methyl sites for hydroxylation is 1. The van der Waals surface area contributed by atoms with Gasteiger partial charge in [0.1, 0.15) is 0 Å². The van der Waals surface area contributed by atoms with Gasteiger partial charge >= 0.3 is 0 Å². The molecule has 0 saturated heterocycles. The number of aromatic nitrogens is 1. The lowest BCUT2D eigenvalue weighted by molar-refractivity contribution is 0.0886. The number of carbonyl (C=O) groups excluding carboxylic acids is 1. The summed E-state index contributed by atoms with van der Waals surface area (Å²) in [7, 11) is 0. The molecule has 1 aromatic rings. The number of amides is 1. The summed E-state index contributed by atoms with van der Waals surface area (Å²) in [6.07, 6.45) is 6.31. The highest BCUT2D eigenvalue weighted by Gasteiger charge is 2.26. The summed E-state index contributed by atoms with van der Waals surface area (Å²) in [6, 6.07) is 0.0505. The normalized spacial score (nSPS) is 18.2. The van der Waals surface area contributed by atoms with Crippen LogP contribution < -0.4 is 11.1 Å². The number of rotatable bonds is 4. The molecule has 1 atom stereocenters. The van der Waals surface area contributed by atoms with Crippen LogP contribution in [0.15, 0.2) is 10.7 Å². The van der Waals surface area contributed by atoms with E-state index in [-0.39, 0.29) is 11.9 Å². The fourth-order valence-corrected chi connectivity index (χ4v) is 2.47. The average molecular weight is 237 g/mol. The van der Waals surface area contributed by atoms with E-state index in [1.807, 2.05) is 0 Å². The van der Waals surface area contributed by atoms with Crippen LogP contribution >= 0.6 is 0 Å². The highest BCUT2D eigenvalue weighted by molar-refractivity contribution is 5.92. The Bertz CT molecular complexity index is 383. The number of nitrogens with zero attached hydrogens (tertiary/aromatic N) is 1. The molecular formula is C12H19N3O2. The van der Waals surface area contributed by atoms with Crippen molar-refractivity contribution in [1.29, 1.82) is 0 Å². The molecule has 0 bridgehead atoms. The minimum atomic E-state index is -0.206. The van der Waals surface area contributed by atoms with Gasteiger partial charge in [-0.3, -0.25) is 4.79 Å². The summed E-state index contributed by atoms with van der Waals surface area (Å²) in [5.74, 6) is 0.593. The van der Waals surface area contributed by atoms with Crippen molar-refractivity contribution < 1.29 is 9.32 Å². The maximum absolute atomic E-state index is 12.0. The lowest BCUT2D eigenvalue weighted by atomic mass is 9.98. The van der Waals surface area contributed by atoms with Crippen LogP contribution in [0, 0.1) is 12.8 Å². The first kappa shape index (κ1) is 12.1. The molecule has 0 radical (unpaired) electrons. The minimum absolute atomic E-state index is 0.0505. The molecule has 17 heavy (non-hydrogen) atoms. The molecule has 0 aliphatic heterocycles. The van der Waals surface area contributed by atoms with Crippen molar-refractivity contribution in [1.82, 2.24) is 10.5 Å². The number of nitrogens with two attached hydrogens (primary N) is 1. The molecule has 2 rings (SSSR count). The monoisotopic (exact) mass is 237 g/mol. The van der Waals surface area contributed by atoms with Crippen LogP contribution in [-0.4, -0.2) is 23.7 Å². The van der Waals surface area contributed by atoms with Crippen LogP contribution in [0.3, 0.4) is 0 Å². The second kappa shape index (κ2) is 5.31. The van der Waals surface area contributed by atoms with Crippen LogP contribution in [0.5, 0.6) is 0 Å². The predicted octanol–water partition coefficient (Wildman–Crippen LogP) is 1.23. The Hall–Kier alpha value is -1.36. The number of nitrogens with one attached hydrogen (secondary N) is 1. The summed E-state index contributed by atoms with van der Waals surface area (Å²) in [6.45, 7) is 2.28. The summed E-state index contributed by atoms with van der Waals surface area (Å²) < 4.78 is 4.93. The predicted molar refractivity (Wildman–Crippen MR) is 63.5 cm³/mol. The lowest BCUT2D eigenvalue weighted by Gasteiger charge is -2.22. The van der Waals surface area contributed by atoms with E-state index in [0.29, 0.717) is 18.2 Å². The van der Waals surface area contributed by atoms with Gasteiger partial charge in [0.05, 0.1) is 6.20 Å². The SMILES string of the molecule is Cc1cnoc1C(=O)NC(CN)C1CCCC1. The van der Waals surface area contributed by atoms with Crippen molar-refractivity contribution in [3.05, 3.63) is 17.5 Å². The van der Waals surface area contributed by atoms with E-state index in [2.05, 4.69) is 10.5 Å². The maximum Gasteiger partial charge on any atom is 0.290 e. The second-order valence-corrected chi connectivity index (χ2v) is 4.70. The third-order valence-corrected chi connectivity index (χ3v) is 3.49. The number of carbonyl (C=O) groups is 1. The van der Waals surface area contributed by atoms with Crippen LogP contribution in [0.1, 0.15) is 41.8 Å². The van der Waals surface area contributed by atoms with Gasteiger partial charge in [-0.2, -0.15) is 0 Å². The Kier molecular flexibility index (Phi) is 3.78. The Labute approximate surface area is 101 Å². The van der Waals surface area contributed by atoms with Crippen LogP contribution in [0.4, 0.5) is 0 Å². The van der Waals surface area contributed by atoms with Crippen molar-refractivity contribution in [3.8, 4) is 0 Å². The molecule has 1 amide bonds. The van der Waals surface area contributed by atoms with Gasteiger partial charge in [0.25, 0.3) is 5.91 Å². The van der Waals surface area contributed by atoms with E-state index in [4.69, 9.17) is 10.3 Å². The molecule has 94 valence electrons. The molecular weight excluding hydrogens is 218 g/mol. The quantitative estimate of drug-likeness (QED) is 0.825. The molecule has 1 unspecified atom stereocenters. The number of hydrogen-bond acceptors (Lipinski definition) is 4. The van der Waals surface area contributed by atoms with E-state index in [1.54, 1.807) is 13.1 Å². The van der Waals surface area contributed by atoms with Gasteiger partial charge < -0.3 is 15.6 Å². The van der Waals surface area contributed by atoms with Crippen molar-refractivity contribution in [3.63, 3.8) is 0 Å².